The van der Waals surface area contributed by atoms with E-state index in [0.717, 1.165) is 33.9 Å². The van der Waals surface area contributed by atoms with Crippen LogP contribution >= 0.6 is 0 Å². The lowest BCUT2D eigenvalue weighted by Gasteiger charge is -2.01. The molecule has 0 saturated heterocycles. The van der Waals surface area contributed by atoms with Gasteiger partial charge in [-0.3, -0.25) is 0 Å². The molecule has 1 aliphatic rings. The molecule has 0 amide bonds. The average Bonchev–Trinajstić information content (AvgIpc) is 3.31. The van der Waals surface area contributed by atoms with Gasteiger partial charge in [-0.25, -0.2) is 9.67 Å². The average molecular weight is 306 g/mol. The van der Waals surface area contributed by atoms with Crippen molar-refractivity contribution in [2.24, 2.45) is 0 Å². The molecule has 5 rings (SSSR count). The maximum atomic E-state index is 5.55. The summed E-state index contributed by atoms with van der Waals surface area (Å²) in [6, 6.07) is 11.5. The van der Waals surface area contributed by atoms with Crippen molar-refractivity contribution in [3.63, 3.8) is 0 Å². The zero-order valence-electron chi connectivity index (χ0n) is 11.8. The molecular formula is C15H10N6O2. The minimum absolute atomic E-state index is 0.232. The van der Waals surface area contributed by atoms with Crippen molar-refractivity contribution in [3.05, 3.63) is 42.7 Å². The van der Waals surface area contributed by atoms with Crippen LogP contribution < -0.4 is 9.47 Å². The van der Waals surface area contributed by atoms with Crippen LogP contribution in [-0.2, 0) is 0 Å². The zero-order chi connectivity index (χ0) is 15.2. The van der Waals surface area contributed by atoms with Crippen LogP contribution in [0.25, 0.3) is 28.1 Å². The number of nitrogens with zero attached hydrogens (tertiary/aromatic N) is 5. The highest BCUT2D eigenvalue weighted by Crippen LogP contribution is 2.40. The Labute approximate surface area is 129 Å². The fraction of sp³-hybridized carbons (Fsp3) is 0.0667. The largest absolute Gasteiger partial charge is 0.454 e. The first-order chi connectivity index (χ1) is 11.4. The summed E-state index contributed by atoms with van der Waals surface area (Å²) in [6.07, 6.45) is 1.55. The molecule has 8 heteroatoms. The van der Waals surface area contributed by atoms with Gasteiger partial charge in [-0.05, 0) is 40.8 Å². The number of ether oxygens (including phenoxy) is 2. The Hall–Kier alpha value is -3.42. The Bertz CT molecular complexity index is 1010. The molecule has 1 aliphatic heterocycles. The van der Waals surface area contributed by atoms with Gasteiger partial charge in [0.1, 0.15) is 12.2 Å². The second-order valence-corrected chi connectivity index (χ2v) is 5.08. The molecule has 23 heavy (non-hydrogen) atoms. The first kappa shape index (κ1) is 12.2. The first-order valence-electron chi connectivity index (χ1n) is 7.00. The smallest absolute Gasteiger partial charge is 0.231 e. The monoisotopic (exact) mass is 306 g/mol. The van der Waals surface area contributed by atoms with Crippen molar-refractivity contribution < 1.29 is 9.47 Å². The van der Waals surface area contributed by atoms with Crippen molar-refractivity contribution >= 4 is 11.0 Å². The van der Waals surface area contributed by atoms with E-state index in [1.807, 2.05) is 36.4 Å². The van der Waals surface area contributed by atoms with Gasteiger partial charge in [0.15, 0.2) is 11.5 Å². The summed E-state index contributed by atoms with van der Waals surface area (Å²) in [4.78, 5) is 7.95. The van der Waals surface area contributed by atoms with Crippen LogP contribution in [0.3, 0.4) is 0 Å². The van der Waals surface area contributed by atoms with Crippen LogP contribution in [0.1, 0.15) is 0 Å². The van der Waals surface area contributed by atoms with E-state index in [1.54, 1.807) is 11.0 Å². The number of H-pyrrole nitrogens is 1. The topological polar surface area (TPSA) is 90.7 Å². The Morgan fingerprint density at radius 1 is 1.13 bits per heavy atom. The molecule has 0 spiro atoms. The van der Waals surface area contributed by atoms with Crippen molar-refractivity contribution in [1.82, 2.24) is 30.2 Å². The van der Waals surface area contributed by atoms with Gasteiger partial charge in [-0.2, -0.15) is 0 Å². The number of fused-ring (bicyclic) bond motifs is 2. The Kier molecular flexibility index (Phi) is 2.40. The summed E-state index contributed by atoms with van der Waals surface area (Å²) >= 11 is 0. The maximum absolute atomic E-state index is 5.55. The predicted molar refractivity (Wildman–Crippen MR) is 80.4 cm³/mol. The lowest BCUT2D eigenvalue weighted by atomic mass is 10.2. The third kappa shape index (κ3) is 1.85. The highest BCUT2D eigenvalue weighted by Gasteiger charge is 2.20. The molecule has 3 heterocycles. The van der Waals surface area contributed by atoms with Crippen LogP contribution in [0.2, 0.25) is 0 Å². The minimum Gasteiger partial charge on any atom is -0.454 e. The molecule has 0 aliphatic carbocycles. The highest BCUT2D eigenvalue weighted by atomic mass is 16.7. The SMILES string of the molecule is c1cc2c(c(-c3nc4ccc(-n5cnnn5)cc4[nH]3)c1)OCO2. The molecule has 0 radical (unpaired) electrons. The first-order valence-corrected chi connectivity index (χ1v) is 7.00. The van der Waals surface area contributed by atoms with Crippen LogP contribution in [0.5, 0.6) is 11.5 Å². The van der Waals surface area contributed by atoms with E-state index >= 15 is 0 Å². The van der Waals surface area contributed by atoms with Gasteiger partial charge in [0.25, 0.3) is 0 Å². The number of hydrogen-bond donors (Lipinski definition) is 1. The third-order valence-electron chi connectivity index (χ3n) is 3.73. The standard InChI is InChI=1S/C15H10N6O2/c1-2-10(14-13(3-1)22-8-23-14)15-17-11-5-4-9(6-12(11)18-15)21-7-16-19-20-21/h1-7H,8H2,(H,17,18). The molecule has 2 aromatic carbocycles. The molecule has 0 unspecified atom stereocenters. The van der Waals surface area contributed by atoms with Gasteiger partial charge in [0.2, 0.25) is 6.79 Å². The van der Waals surface area contributed by atoms with Crippen LogP contribution in [0.15, 0.2) is 42.7 Å². The lowest BCUT2D eigenvalue weighted by molar-refractivity contribution is 0.174. The fourth-order valence-electron chi connectivity index (χ4n) is 2.66. The van der Waals surface area contributed by atoms with Crippen LogP contribution in [-0.4, -0.2) is 37.0 Å². The normalized spacial score (nSPS) is 12.9. The Morgan fingerprint density at radius 3 is 3.04 bits per heavy atom. The fourth-order valence-corrected chi connectivity index (χ4v) is 2.66. The van der Waals surface area contributed by atoms with E-state index in [0.29, 0.717) is 5.75 Å². The van der Waals surface area contributed by atoms with Gasteiger partial charge in [0, 0.05) is 0 Å². The summed E-state index contributed by atoms with van der Waals surface area (Å²) in [7, 11) is 0. The lowest BCUT2D eigenvalue weighted by Crippen LogP contribution is -1.94. The Morgan fingerprint density at radius 2 is 2.13 bits per heavy atom. The van der Waals surface area contributed by atoms with Crippen LogP contribution in [0.4, 0.5) is 0 Å². The Balaban J connectivity index is 1.65. The predicted octanol–water partition coefficient (Wildman–Crippen LogP) is 1.93. The minimum atomic E-state index is 0.232. The molecule has 2 aromatic heterocycles. The summed E-state index contributed by atoms with van der Waals surface area (Å²) in [5, 5.41) is 11.2. The summed E-state index contributed by atoms with van der Waals surface area (Å²) in [5.74, 6) is 2.18. The molecule has 0 bridgehead atoms. The van der Waals surface area contributed by atoms with Crippen molar-refractivity contribution in [1.29, 1.82) is 0 Å². The van der Waals surface area contributed by atoms with E-state index in [9.17, 15) is 0 Å². The molecule has 0 saturated carbocycles. The summed E-state index contributed by atoms with van der Waals surface area (Å²) in [5.41, 5.74) is 3.48. The molecule has 0 atom stereocenters. The molecule has 1 N–H and O–H groups in total. The summed E-state index contributed by atoms with van der Waals surface area (Å²) < 4.78 is 12.6. The molecule has 112 valence electrons. The number of nitrogens with one attached hydrogen (secondary N) is 1. The van der Waals surface area contributed by atoms with Gasteiger partial charge < -0.3 is 14.5 Å². The van der Waals surface area contributed by atoms with E-state index in [1.165, 1.54) is 0 Å². The number of para-hydroxylation sites is 1. The molecule has 8 nitrogen and oxygen atoms in total. The maximum Gasteiger partial charge on any atom is 0.231 e. The number of benzene rings is 2. The van der Waals surface area contributed by atoms with Crippen molar-refractivity contribution in [3.8, 4) is 28.6 Å². The second-order valence-electron chi connectivity index (χ2n) is 5.08. The number of hydrogen-bond acceptors (Lipinski definition) is 6. The quantitative estimate of drug-likeness (QED) is 0.608. The number of rotatable bonds is 2. The van der Waals surface area contributed by atoms with E-state index in [2.05, 4.69) is 25.5 Å². The van der Waals surface area contributed by atoms with Gasteiger partial charge >= 0.3 is 0 Å². The van der Waals surface area contributed by atoms with Gasteiger partial charge in [-0.1, -0.05) is 6.07 Å². The molecule has 0 fully saturated rings. The van der Waals surface area contributed by atoms with Crippen LogP contribution in [0, 0.1) is 0 Å². The number of tetrazole rings is 1. The molecular weight excluding hydrogens is 296 g/mol. The van der Waals surface area contributed by atoms with Crippen molar-refractivity contribution in [2.45, 2.75) is 0 Å². The number of imidazole rings is 1. The highest BCUT2D eigenvalue weighted by molar-refractivity contribution is 5.83. The number of aromatic amines is 1. The van der Waals surface area contributed by atoms with E-state index < -0.39 is 0 Å². The third-order valence-corrected chi connectivity index (χ3v) is 3.73. The van der Waals surface area contributed by atoms with Crippen molar-refractivity contribution in [2.75, 3.05) is 6.79 Å². The van der Waals surface area contributed by atoms with E-state index in [-0.39, 0.29) is 6.79 Å². The summed E-state index contributed by atoms with van der Waals surface area (Å²) in [6.45, 7) is 0.232. The van der Waals surface area contributed by atoms with Gasteiger partial charge in [0.05, 0.1) is 22.3 Å². The second kappa shape index (κ2) is 4.54. The van der Waals surface area contributed by atoms with E-state index in [4.69, 9.17) is 9.47 Å². The zero-order valence-corrected chi connectivity index (χ0v) is 11.8. The van der Waals surface area contributed by atoms with Gasteiger partial charge in [-0.15, -0.1) is 5.10 Å². The molecule has 4 aromatic rings. The number of aromatic nitrogens is 6.